The predicted molar refractivity (Wildman–Crippen MR) is 123 cm³/mol. The summed E-state index contributed by atoms with van der Waals surface area (Å²) in [6.45, 7) is 0. The number of rotatable bonds is 6. The molecular weight excluding hydrogens is 392 g/mol. The van der Waals surface area contributed by atoms with Crippen molar-refractivity contribution in [2.75, 3.05) is 18.1 Å². The Kier molecular flexibility index (Phi) is 6.78. The third-order valence-corrected chi connectivity index (χ3v) is 7.41. The van der Waals surface area contributed by atoms with Gasteiger partial charge in [0.2, 0.25) is 5.91 Å². The van der Waals surface area contributed by atoms with E-state index in [1.807, 2.05) is 42.3 Å². The maximum atomic E-state index is 12.9. The number of amides is 2. The molecule has 0 unspecified atom stereocenters. The van der Waals surface area contributed by atoms with Crippen LogP contribution in [-0.2, 0) is 17.6 Å². The molecule has 4 rings (SSSR count). The number of hydrogen-bond acceptors (Lipinski definition) is 3. The van der Waals surface area contributed by atoms with Gasteiger partial charge in [0.1, 0.15) is 0 Å². The molecular formula is C25H30N2O2S. The number of hydrogen-bond donors (Lipinski definition) is 1. The van der Waals surface area contributed by atoms with Crippen molar-refractivity contribution in [3.05, 3.63) is 59.2 Å². The Labute approximate surface area is 183 Å². The van der Waals surface area contributed by atoms with Crippen molar-refractivity contribution in [3.63, 3.8) is 0 Å². The first kappa shape index (κ1) is 21.0. The Hall–Kier alpha value is -2.27. The first-order chi connectivity index (χ1) is 14.6. The Bertz CT molecular complexity index is 921. The molecule has 0 spiro atoms. The SMILES string of the molecule is CN(C(=O)CSc1ccccc1C(=O)Nc1ccc2c(c1)CCC2)C1CCCCC1. The highest BCUT2D eigenvalue weighted by Crippen LogP contribution is 2.28. The number of carbonyl (C=O) groups is 2. The number of anilines is 1. The van der Waals surface area contributed by atoms with E-state index < -0.39 is 0 Å². The number of nitrogens with one attached hydrogen (secondary N) is 1. The van der Waals surface area contributed by atoms with Crippen LogP contribution < -0.4 is 5.32 Å². The van der Waals surface area contributed by atoms with Crippen LogP contribution in [0, 0.1) is 0 Å². The van der Waals surface area contributed by atoms with E-state index in [4.69, 9.17) is 0 Å². The van der Waals surface area contributed by atoms with Gasteiger partial charge >= 0.3 is 0 Å². The van der Waals surface area contributed by atoms with Crippen LogP contribution in [0.25, 0.3) is 0 Å². The van der Waals surface area contributed by atoms with E-state index in [2.05, 4.69) is 17.4 Å². The van der Waals surface area contributed by atoms with E-state index in [0.717, 1.165) is 36.3 Å². The number of fused-ring (bicyclic) bond motifs is 1. The second kappa shape index (κ2) is 9.69. The molecule has 0 bridgehead atoms. The Balaban J connectivity index is 1.39. The molecule has 0 saturated heterocycles. The molecule has 2 aliphatic carbocycles. The highest BCUT2D eigenvalue weighted by molar-refractivity contribution is 8.00. The summed E-state index contributed by atoms with van der Waals surface area (Å²) in [5.41, 5.74) is 4.20. The van der Waals surface area contributed by atoms with Gasteiger partial charge in [0.05, 0.1) is 11.3 Å². The molecule has 0 aromatic heterocycles. The lowest BCUT2D eigenvalue weighted by Gasteiger charge is -2.31. The van der Waals surface area contributed by atoms with E-state index in [1.165, 1.54) is 48.6 Å². The van der Waals surface area contributed by atoms with Crippen LogP contribution >= 0.6 is 11.8 Å². The summed E-state index contributed by atoms with van der Waals surface area (Å²) in [5.74, 6) is 0.376. The topological polar surface area (TPSA) is 49.4 Å². The van der Waals surface area contributed by atoms with Gasteiger partial charge in [-0.1, -0.05) is 37.5 Å². The van der Waals surface area contributed by atoms with Crippen molar-refractivity contribution in [2.45, 2.75) is 62.3 Å². The number of benzene rings is 2. The molecule has 2 aliphatic rings. The summed E-state index contributed by atoms with van der Waals surface area (Å²) in [6.07, 6.45) is 9.31. The number of carbonyl (C=O) groups excluding carboxylic acids is 2. The van der Waals surface area contributed by atoms with Gasteiger partial charge in [0, 0.05) is 23.7 Å². The van der Waals surface area contributed by atoms with Crippen LogP contribution in [-0.4, -0.2) is 35.6 Å². The van der Waals surface area contributed by atoms with Crippen molar-refractivity contribution >= 4 is 29.3 Å². The molecule has 158 valence electrons. The number of nitrogens with zero attached hydrogens (tertiary/aromatic N) is 1. The summed E-state index contributed by atoms with van der Waals surface area (Å²) in [7, 11) is 1.92. The van der Waals surface area contributed by atoms with Gasteiger partial charge < -0.3 is 10.2 Å². The molecule has 2 aromatic rings. The van der Waals surface area contributed by atoms with Gasteiger partial charge in [0.25, 0.3) is 5.91 Å². The summed E-state index contributed by atoms with van der Waals surface area (Å²) in [4.78, 5) is 28.4. The van der Waals surface area contributed by atoms with Crippen molar-refractivity contribution in [1.29, 1.82) is 0 Å². The lowest BCUT2D eigenvalue weighted by molar-refractivity contribution is -0.129. The molecule has 1 fully saturated rings. The zero-order valence-corrected chi connectivity index (χ0v) is 18.5. The average molecular weight is 423 g/mol. The summed E-state index contributed by atoms with van der Waals surface area (Å²) < 4.78 is 0. The molecule has 1 N–H and O–H groups in total. The van der Waals surface area contributed by atoms with E-state index in [0.29, 0.717) is 17.4 Å². The van der Waals surface area contributed by atoms with E-state index in [-0.39, 0.29) is 11.8 Å². The first-order valence-corrected chi connectivity index (χ1v) is 12.0. The number of aryl methyl sites for hydroxylation is 2. The molecule has 0 aliphatic heterocycles. The molecule has 1 saturated carbocycles. The van der Waals surface area contributed by atoms with Gasteiger partial charge in [-0.3, -0.25) is 9.59 Å². The summed E-state index contributed by atoms with van der Waals surface area (Å²) in [6, 6.07) is 14.1. The van der Waals surface area contributed by atoms with Crippen molar-refractivity contribution in [2.24, 2.45) is 0 Å². The molecule has 5 heteroatoms. The number of thioether (sulfide) groups is 1. The molecule has 30 heavy (non-hydrogen) atoms. The molecule has 0 atom stereocenters. The second-order valence-electron chi connectivity index (χ2n) is 8.37. The third-order valence-electron chi connectivity index (χ3n) is 6.36. The van der Waals surface area contributed by atoms with Crippen LogP contribution in [0.2, 0.25) is 0 Å². The minimum absolute atomic E-state index is 0.121. The fourth-order valence-electron chi connectivity index (χ4n) is 4.54. The quantitative estimate of drug-likeness (QED) is 0.642. The van der Waals surface area contributed by atoms with Gasteiger partial charge in [0.15, 0.2) is 0 Å². The van der Waals surface area contributed by atoms with Gasteiger partial charge in [-0.2, -0.15) is 0 Å². The molecule has 0 radical (unpaired) electrons. The molecule has 2 aromatic carbocycles. The minimum atomic E-state index is -0.121. The van der Waals surface area contributed by atoms with Crippen LogP contribution in [0.1, 0.15) is 60.0 Å². The van der Waals surface area contributed by atoms with E-state index >= 15 is 0 Å². The monoisotopic (exact) mass is 422 g/mol. The van der Waals surface area contributed by atoms with Gasteiger partial charge in [-0.25, -0.2) is 0 Å². The predicted octanol–water partition coefficient (Wildman–Crippen LogP) is 5.31. The van der Waals surface area contributed by atoms with Crippen LogP contribution in [0.3, 0.4) is 0 Å². The van der Waals surface area contributed by atoms with Gasteiger partial charge in [-0.15, -0.1) is 11.8 Å². The second-order valence-corrected chi connectivity index (χ2v) is 9.39. The van der Waals surface area contributed by atoms with Crippen molar-refractivity contribution in [3.8, 4) is 0 Å². The fraction of sp³-hybridized carbons (Fsp3) is 0.440. The molecule has 4 nitrogen and oxygen atoms in total. The lowest BCUT2D eigenvalue weighted by Crippen LogP contribution is -2.39. The normalized spacial score (nSPS) is 16.2. The Morgan fingerprint density at radius 2 is 1.77 bits per heavy atom. The zero-order valence-electron chi connectivity index (χ0n) is 17.7. The summed E-state index contributed by atoms with van der Waals surface area (Å²) >= 11 is 1.45. The largest absolute Gasteiger partial charge is 0.342 e. The zero-order chi connectivity index (χ0) is 20.9. The highest BCUT2D eigenvalue weighted by atomic mass is 32.2. The fourth-order valence-corrected chi connectivity index (χ4v) is 5.52. The summed E-state index contributed by atoms with van der Waals surface area (Å²) in [5, 5.41) is 3.04. The van der Waals surface area contributed by atoms with Gasteiger partial charge in [-0.05, 0) is 67.5 Å². The maximum absolute atomic E-state index is 12.9. The average Bonchev–Trinajstić information content (AvgIpc) is 3.25. The maximum Gasteiger partial charge on any atom is 0.256 e. The van der Waals surface area contributed by atoms with Crippen molar-refractivity contribution in [1.82, 2.24) is 4.90 Å². The van der Waals surface area contributed by atoms with E-state index in [1.54, 1.807) is 0 Å². The highest BCUT2D eigenvalue weighted by Gasteiger charge is 2.22. The third kappa shape index (κ3) is 4.89. The van der Waals surface area contributed by atoms with Crippen LogP contribution in [0.15, 0.2) is 47.4 Å². The minimum Gasteiger partial charge on any atom is -0.342 e. The smallest absolute Gasteiger partial charge is 0.256 e. The molecule has 0 heterocycles. The van der Waals surface area contributed by atoms with E-state index in [9.17, 15) is 9.59 Å². The van der Waals surface area contributed by atoms with Crippen LogP contribution in [0.4, 0.5) is 5.69 Å². The Morgan fingerprint density at radius 1 is 1.00 bits per heavy atom. The van der Waals surface area contributed by atoms with Crippen molar-refractivity contribution < 1.29 is 9.59 Å². The lowest BCUT2D eigenvalue weighted by atomic mass is 9.94. The first-order valence-electron chi connectivity index (χ1n) is 11.0. The molecule has 2 amide bonds. The van der Waals surface area contributed by atoms with Crippen LogP contribution in [0.5, 0.6) is 0 Å². The standard InChI is InChI=1S/C25H30N2O2S/c1-27(21-10-3-2-4-11-21)24(28)17-30-23-13-6-5-12-22(23)25(29)26-20-15-14-18-8-7-9-19(18)16-20/h5-6,12-16,21H,2-4,7-11,17H2,1H3,(H,26,29). The Morgan fingerprint density at radius 3 is 2.60 bits per heavy atom.